The van der Waals surface area contributed by atoms with E-state index in [0.717, 1.165) is 11.3 Å². The largest absolute Gasteiger partial charge is 0.434 e. The number of halogens is 1. The Morgan fingerprint density at radius 1 is 1.50 bits per heavy atom. The third-order valence-corrected chi connectivity index (χ3v) is 3.62. The number of hydrazine groups is 1. The van der Waals surface area contributed by atoms with Crippen LogP contribution >= 0.6 is 11.6 Å². The number of hydrogen-bond donors (Lipinski definition) is 1. The molecule has 1 aliphatic heterocycles. The molecular formula is C15H14ClN3O3. The first-order valence-electron chi connectivity index (χ1n) is 6.64. The molecule has 7 heteroatoms. The van der Waals surface area contributed by atoms with Crippen molar-refractivity contribution in [3.05, 3.63) is 64.6 Å². The minimum Gasteiger partial charge on any atom is -0.434 e. The molecule has 1 N–H and O–H groups in total. The molecule has 0 saturated carbocycles. The van der Waals surface area contributed by atoms with E-state index in [1.54, 1.807) is 23.2 Å². The van der Waals surface area contributed by atoms with Crippen molar-refractivity contribution in [2.24, 2.45) is 0 Å². The molecule has 0 aliphatic carbocycles. The molecule has 2 aromatic rings. The van der Waals surface area contributed by atoms with Crippen molar-refractivity contribution >= 4 is 18.1 Å². The molecule has 6 nitrogen and oxygen atoms in total. The smallest absolute Gasteiger partial charge is 0.295 e. The Bertz CT molecular complexity index is 702. The zero-order valence-corrected chi connectivity index (χ0v) is 12.6. The molecule has 0 radical (unpaired) electrons. The van der Waals surface area contributed by atoms with Gasteiger partial charge in [0.1, 0.15) is 12.0 Å². The van der Waals surface area contributed by atoms with E-state index in [-0.39, 0.29) is 0 Å². The second kappa shape index (κ2) is 5.82. The zero-order chi connectivity index (χ0) is 15.6. The lowest BCUT2D eigenvalue weighted by atomic mass is 10.1. The van der Waals surface area contributed by atoms with Gasteiger partial charge < -0.3 is 14.7 Å². The Morgan fingerprint density at radius 2 is 2.36 bits per heavy atom. The molecule has 1 atom stereocenters. The lowest BCUT2D eigenvalue weighted by Gasteiger charge is -2.33. The monoisotopic (exact) mass is 319 g/mol. The van der Waals surface area contributed by atoms with Gasteiger partial charge in [-0.25, -0.2) is 0 Å². The first-order chi connectivity index (χ1) is 10.6. The van der Waals surface area contributed by atoms with E-state index >= 15 is 0 Å². The number of nitrogens with one attached hydrogen (secondary N) is 1. The summed E-state index contributed by atoms with van der Waals surface area (Å²) in [6.45, 7) is 2.73. The summed E-state index contributed by atoms with van der Waals surface area (Å²) in [5, 5.41) is 6.33. The van der Waals surface area contributed by atoms with Crippen LogP contribution in [-0.2, 0) is 21.8 Å². The number of allylic oxidation sites excluding steroid dienone is 1. The van der Waals surface area contributed by atoms with Gasteiger partial charge in [0.05, 0.1) is 0 Å². The van der Waals surface area contributed by atoms with Crippen LogP contribution in [0, 0.1) is 0 Å². The summed E-state index contributed by atoms with van der Waals surface area (Å²) in [6.07, 6.45) is 3.22. The maximum absolute atomic E-state index is 11.0. The fourth-order valence-corrected chi connectivity index (χ4v) is 2.73. The highest BCUT2D eigenvalue weighted by atomic mass is 35.5. The van der Waals surface area contributed by atoms with Gasteiger partial charge in [-0.05, 0) is 24.6 Å². The zero-order valence-electron chi connectivity index (χ0n) is 11.8. The Balaban J connectivity index is 1.97. The minimum atomic E-state index is -1.15. The van der Waals surface area contributed by atoms with Gasteiger partial charge >= 0.3 is 0 Å². The van der Waals surface area contributed by atoms with Crippen molar-refractivity contribution in [2.45, 2.75) is 19.2 Å². The Kier molecular flexibility index (Phi) is 3.87. The van der Waals surface area contributed by atoms with E-state index in [1.807, 2.05) is 25.1 Å². The topological polar surface area (TPSA) is 67.6 Å². The molecule has 0 bridgehead atoms. The van der Waals surface area contributed by atoms with Crippen LogP contribution in [0.2, 0.25) is 5.02 Å². The molecule has 22 heavy (non-hydrogen) atoms. The number of rotatable bonds is 5. The summed E-state index contributed by atoms with van der Waals surface area (Å²) in [5.41, 5.74) is 4.30. The Morgan fingerprint density at radius 3 is 3.05 bits per heavy atom. The van der Waals surface area contributed by atoms with Gasteiger partial charge in [-0.1, -0.05) is 28.9 Å². The van der Waals surface area contributed by atoms with Crippen LogP contribution in [0.1, 0.15) is 18.2 Å². The summed E-state index contributed by atoms with van der Waals surface area (Å²) in [7, 11) is 0. The third-order valence-electron chi connectivity index (χ3n) is 3.39. The molecule has 0 saturated heterocycles. The van der Waals surface area contributed by atoms with E-state index in [4.69, 9.17) is 20.9 Å². The second-order valence-corrected chi connectivity index (χ2v) is 5.39. The molecule has 2 heterocycles. The Hall–Kier alpha value is -2.31. The summed E-state index contributed by atoms with van der Waals surface area (Å²) < 4.78 is 10.3. The molecule has 1 aromatic carbocycles. The molecular weight excluding hydrogens is 306 g/mol. The quantitative estimate of drug-likeness (QED) is 0.854. The van der Waals surface area contributed by atoms with E-state index in [2.05, 4.69) is 10.6 Å². The highest BCUT2D eigenvalue weighted by Gasteiger charge is 2.46. The normalized spacial score (nSPS) is 21.3. The van der Waals surface area contributed by atoms with Crippen molar-refractivity contribution in [2.75, 3.05) is 0 Å². The van der Waals surface area contributed by atoms with Gasteiger partial charge in [-0.15, -0.1) is 0 Å². The number of carbonyl (C=O) groups is 1. The summed E-state index contributed by atoms with van der Waals surface area (Å²) >= 11 is 6.02. The van der Waals surface area contributed by atoms with Crippen molar-refractivity contribution in [1.29, 1.82) is 0 Å². The predicted octanol–water partition coefficient (Wildman–Crippen LogP) is 2.58. The van der Waals surface area contributed by atoms with Crippen LogP contribution < -0.4 is 5.43 Å². The summed E-state index contributed by atoms with van der Waals surface area (Å²) in [6, 6.07) is 9.12. The van der Waals surface area contributed by atoms with Crippen LogP contribution in [0.3, 0.4) is 0 Å². The standard InChI is InChI=1S/C15H14ClN3O3/c1-11-8-15(21-10-20,14-5-6-22-18-14)19(17-11)9-12-3-2-4-13(16)7-12/h2-8,10,17H,9H2,1H3. The average Bonchev–Trinajstić information content (AvgIpc) is 3.09. The Labute approximate surface area is 132 Å². The predicted molar refractivity (Wildman–Crippen MR) is 79.2 cm³/mol. The highest BCUT2D eigenvalue weighted by molar-refractivity contribution is 6.30. The molecule has 1 aliphatic rings. The van der Waals surface area contributed by atoms with Crippen molar-refractivity contribution in [3.63, 3.8) is 0 Å². The fourth-order valence-electron chi connectivity index (χ4n) is 2.52. The maximum atomic E-state index is 11.0. The van der Waals surface area contributed by atoms with Crippen LogP contribution in [0.15, 0.2) is 52.9 Å². The lowest BCUT2D eigenvalue weighted by molar-refractivity contribution is -0.165. The van der Waals surface area contributed by atoms with Gasteiger partial charge in [0, 0.05) is 29.4 Å². The number of aromatic nitrogens is 1. The van der Waals surface area contributed by atoms with E-state index in [0.29, 0.717) is 23.7 Å². The van der Waals surface area contributed by atoms with Crippen molar-refractivity contribution < 1.29 is 14.1 Å². The SMILES string of the molecule is CC1=CC(OC=O)(c2ccon2)N(Cc2cccc(Cl)c2)N1. The van der Waals surface area contributed by atoms with E-state index < -0.39 is 5.72 Å². The average molecular weight is 320 g/mol. The maximum Gasteiger partial charge on any atom is 0.295 e. The fraction of sp³-hybridized carbons (Fsp3) is 0.200. The molecule has 0 amide bonds. The van der Waals surface area contributed by atoms with Gasteiger partial charge in [0.15, 0.2) is 0 Å². The number of nitrogens with zero attached hydrogens (tertiary/aromatic N) is 2. The van der Waals surface area contributed by atoms with Gasteiger partial charge in [0.2, 0.25) is 0 Å². The van der Waals surface area contributed by atoms with Gasteiger partial charge in [-0.2, -0.15) is 5.01 Å². The van der Waals surface area contributed by atoms with Crippen LogP contribution in [0.4, 0.5) is 0 Å². The molecule has 0 spiro atoms. The minimum absolute atomic E-state index is 0.399. The van der Waals surface area contributed by atoms with Gasteiger partial charge in [0.25, 0.3) is 12.2 Å². The van der Waals surface area contributed by atoms with Crippen LogP contribution in [0.5, 0.6) is 0 Å². The molecule has 1 unspecified atom stereocenters. The highest BCUT2D eigenvalue weighted by Crippen LogP contribution is 2.35. The van der Waals surface area contributed by atoms with Crippen LogP contribution in [-0.4, -0.2) is 16.6 Å². The van der Waals surface area contributed by atoms with Crippen LogP contribution in [0.25, 0.3) is 0 Å². The molecule has 114 valence electrons. The van der Waals surface area contributed by atoms with Crippen molar-refractivity contribution in [3.8, 4) is 0 Å². The molecule has 0 fully saturated rings. The number of hydrogen-bond acceptors (Lipinski definition) is 6. The number of benzene rings is 1. The first-order valence-corrected chi connectivity index (χ1v) is 7.02. The summed E-state index contributed by atoms with van der Waals surface area (Å²) in [5.74, 6) is 0. The van der Waals surface area contributed by atoms with E-state index in [1.165, 1.54) is 6.26 Å². The molecule has 3 rings (SSSR count). The van der Waals surface area contributed by atoms with E-state index in [9.17, 15) is 4.79 Å². The lowest BCUT2D eigenvalue weighted by Crippen LogP contribution is -2.48. The second-order valence-electron chi connectivity index (χ2n) is 4.95. The molecule has 1 aromatic heterocycles. The number of carbonyl (C=O) groups excluding carboxylic acids is 1. The number of ether oxygens (including phenoxy) is 1. The third kappa shape index (κ3) is 2.58. The summed E-state index contributed by atoms with van der Waals surface area (Å²) in [4.78, 5) is 11.0. The van der Waals surface area contributed by atoms with Gasteiger partial charge in [-0.3, -0.25) is 4.79 Å². The van der Waals surface area contributed by atoms with Crippen molar-refractivity contribution in [1.82, 2.24) is 15.6 Å². The first kappa shape index (κ1) is 14.6.